The Morgan fingerprint density at radius 3 is 2.21 bits per heavy atom. The summed E-state index contributed by atoms with van der Waals surface area (Å²) >= 11 is 6.23. The van der Waals surface area contributed by atoms with Crippen molar-refractivity contribution in [2.24, 2.45) is 0 Å². The molecule has 0 spiro atoms. The number of anilines is 4. The molecule has 1 fully saturated rings. The third-order valence-electron chi connectivity index (χ3n) is 5.91. The number of amides is 1. The molecule has 1 amide bonds. The van der Waals surface area contributed by atoms with E-state index >= 15 is 0 Å². The molecule has 0 unspecified atom stereocenters. The van der Waals surface area contributed by atoms with Crippen LogP contribution in [0.5, 0.6) is 0 Å². The fourth-order valence-corrected chi connectivity index (χ4v) is 4.91. The van der Waals surface area contributed by atoms with Gasteiger partial charge in [-0.25, -0.2) is 8.42 Å². The first-order chi connectivity index (χ1) is 16.2. The van der Waals surface area contributed by atoms with Crippen molar-refractivity contribution in [1.82, 2.24) is 4.31 Å². The molecule has 3 aromatic carbocycles. The number of sulfonamides is 1. The van der Waals surface area contributed by atoms with E-state index in [1.807, 2.05) is 67.6 Å². The molecule has 0 aliphatic carbocycles. The van der Waals surface area contributed by atoms with E-state index in [2.05, 4.69) is 15.5 Å². The highest BCUT2D eigenvalue weighted by molar-refractivity contribution is 7.88. The average molecular weight is 499 g/mol. The van der Waals surface area contributed by atoms with Crippen molar-refractivity contribution in [1.29, 1.82) is 0 Å². The maximum atomic E-state index is 13.0. The lowest BCUT2D eigenvalue weighted by Crippen LogP contribution is -2.48. The fraction of sp³-hybridized carbons (Fsp3) is 0.240. The summed E-state index contributed by atoms with van der Waals surface area (Å²) in [6.07, 6.45) is 1.24. The number of carbonyl (C=O) groups excluding carboxylic acids is 1. The number of nitrogens with one attached hydrogen (secondary N) is 2. The Balaban J connectivity index is 1.43. The van der Waals surface area contributed by atoms with Crippen LogP contribution < -0.4 is 15.5 Å². The first kappa shape index (κ1) is 24.1. The number of halogens is 1. The Morgan fingerprint density at radius 1 is 0.882 bits per heavy atom. The standard InChI is InChI=1S/C25H27ClN4O3S/c1-18-22(26)7-5-9-23(18)28-24-8-4-3-6-21(24)25(31)27-19-10-12-20(13-11-19)29-14-16-30(17-15-29)34(2,32)33/h3-13,28H,14-17H2,1-2H3,(H,27,31). The van der Waals surface area contributed by atoms with Gasteiger partial charge < -0.3 is 15.5 Å². The molecule has 1 aliphatic heterocycles. The molecule has 4 rings (SSSR count). The van der Waals surface area contributed by atoms with Crippen molar-refractivity contribution in [3.05, 3.63) is 82.9 Å². The average Bonchev–Trinajstić information content (AvgIpc) is 2.82. The largest absolute Gasteiger partial charge is 0.369 e. The van der Waals surface area contributed by atoms with Crippen LogP contribution in [0.15, 0.2) is 66.7 Å². The smallest absolute Gasteiger partial charge is 0.257 e. The lowest BCUT2D eigenvalue weighted by atomic mass is 10.1. The van der Waals surface area contributed by atoms with E-state index in [4.69, 9.17) is 11.6 Å². The molecule has 0 atom stereocenters. The van der Waals surface area contributed by atoms with E-state index in [-0.39, 0.29) is 5.91 Å². The monoisotopic (exact) mass is 498 g/mol. The molecule has 3 aromatic rings. The van der Waals surface area contributed by atoms with E-state index in [1.165, 1.54) is 10.6 Å². The topological polar surface area (TPSA) is 81.8 Å². The Morgan fingerprint density at radius 2 is 1.53 bits per heavy atom. The van der Waals surface area contributed by atoms with Crippen LogP contribution in [0.2, 0.25) is 5.02 Å². The molecule has 1 aliphatic rings. The van der Waals surface area contributed by atoms with Gasteiger partial charge in [0.2, 0.25) is 10.0 Å². The summed E-state index contributed by atoms with van der Waals surface area (Å²) in [7, 11) is -3.16. The van der Waals surface area contributed by atoms with Crippen molar-refractivity contribution in [2.75, 3.05) is 48.0 Å². The van der Waals surface area contributed by atoms with Gasteiger partial charge in [0.05, 0.1) is 17.5 Å². The first-order valence-electron chi connectivity index (χ1n) is 10.9. The molecular formula is C25H27ClN4O3S. The first-order valence-corrected chi connectivity index (χ1v) is 13.2. The van der Waals surface area contributed by atoms with Gasteiger partial charge in [0.25, 0.3) is 5.91 Å². The van der Waals surface area contributed by atoms with Crippen LogP contribution in [-0.2, 0) is 10.0 Å². The maximum absolute atomic E-state index is 13.0. The van der Waals surface area contributed by atoms with Crippen molar-refractivity contribution in [3.8, 4) is 0 Å². The highest BCUT2D eigenvalue weighted by Crippen LogP contribution is 2.28. The van der Waals surface area contributed by atoms with Gasteiger partial charge in [-0.1, -0.05) is 29.8 Å². The van der Waals surface area contributed by atoms with Crippen molar-refractivity contribution in [2.45, 2.75) is 6.92 Å². The van der Waals surface area contributed by atoms with Crippen LogP contribution >= 0.6 is 11.6 Å². The number of rotatable bonds is 6. The molecule has 0 radical (unpaired) electrons. The summed E-state index contributed by atoms with van der Waals surface area (Å²) in [6.45, 7) is 4.11. The Kier molecular flexibility index (Phi) is 7.11. The van der Waals surface area contributed by atoms with Crippen LogP contribution in [0.3, 0.4) is 0 Å². The van der Waals surface area contributed by atoms with Crippen LogP contribution in [0, 0.1) is 6.92 Å². The normalized spacial score (nSPS) is 14.6. The zero-order chi connectivity index (χ0) is 24.3. The predicted octanol–water partition coefficient (Wildman–Crippen LogP) is 4.73. The SMILES string of the molecule is Cc1c(Cl)cccc1Nc1ccccc1C(=O)Nc1ccc(N2CCN(S(C)(=O)=O)CC2)cc1. The number of nitrogens with zero attached hydrogens (tertiary/aromatic N) is 2. The summed E-state index contributed by atoms with van der Waals surface area (Å²) in [5, 5.41) is 6.93. The molecule has 9 heteroatoms. The summed E-state index contributed by atoms with van der Waals surface area (Å²) in [5.41, 5.74) is 4.62. The number of piperazine rings is 1. The van der Waals surface area contributed by atoms with Gasteiger partial charge >= 0.3 is 0 Å². The molecule has 2 N–H and O–H groups in total. The molecule has 1 heterocycles. The van der Waals surface area contributed by atoms with Gasteiger partial charge in [0.15, 0.2) is 0 Å². The van der Waals surface area contributed by atoms with Crippen LogP contribution in [-0.4, -0.2) is 51.1 Å². The number of carbonyl (C=O) groups is 1. The summed E-state index contributed by atoms with van der Waals surface area (Å²) in [5.74, 6) is -0.225. The van der Waals surface area contributed by atoms with E-state index in [0.29, 0.717) is 48.1 Å². The Hall–Kier alpha value is -3.07. The lowest BCUT2D eigenvalue weighted by Gasteiger charge is -2.34. The fourth-order valence-electron chi connectivity index (χ4n) is 3.91. The van der Waals surface area contributed by atoms with Crippen molar-refractivity contribution < 1.29 is 13.2 Å². The number of hydrogen-bond acceptors (Lipinski definition) is 5. The van der Waals surface area contributed by atoms with E-state index in [1.54, 1.807) is 6.07 Å². The van der Waals surface area contributed by atoms with Crippen molar-refractivity contribution >= 4 is 50.3 Å². The van der Waals surface area contributed by atoms with Crippen LogP contribution in [0.1, 0.15) is 15.9 Å². The molecule has 178 valence electrons. The zero-order valence-corrected chi connectivity index (χ0v) is 20.7. The number of hydrogen-bond donors (Lipinski definition) is 2. The molecule has 7 nitrogen and oxygen atoms in total. The van der Waals surface area contributed by atoms with E-state index in [9.17, 15) is 13.2 Å². The second kappa shape index (κ2) is 10.0. The van der Waals surface area contributed by atoms with Crippen LogP contribution in [0.4, 0.5) is 22.7 Å². The maximum Gasteiger partial charge on any atom is 0.257 e. The molecule has 1 saturated heterocycles. The summed E-state index contributed by atoms with van der Waals surface area (Å²) in [4.78, 5) is 15.2. The van der Waals surface area contributed by atoms with Crippen molar-refractivity contribution in [3.63, 3.8) is 0 Å². The van der Waals surface area contributed by atoms with E-state index < -0.39 is 10.0 Å². The highest BCUT2D eigenvalue weighted by Gasteiger charge is 2.23. The Labute approximate surface area is 205 Å². The predicted molar refractivity (Wildman–Crippen MR) is 139 cm³/mol. The van der Waals surface area contributed by atoms with Gasteiger partial charge in [0.1, 0.15) is 0 Å². The second-order valence-corrected chi connectivity index (χ2v) is 10.6. The van der Waals surface area contributed by atoms with Gasteiger partial charge in [0, 0.05) is 48.3 Å². The minimum Gasteiger partial charge on any atom is -0.369 e. The van der Waals surface area contributed by atoms with Gasteiger partial charge in [-0.3, -0.25) is 4.79 Å². The summed E-state index contributed by atoms with van der Waals surface area (Å²) < 4.78 is 24.9. The Bertz CT molecular complexity index is 1290. The third kappa shape index (κ3) is 5.52. The molecule has 0 aromatic heterocycles. The van der Waals surface area contributed by atoms with Gasteiger partial charge in [-0.05, 0) is 61.0 Å². The minimum absolute atomic E-state index is 0.225. The molecule has 34 heavy (non-hydrogen) atoms. The quantitative estimate of drug-likeness (QED) is 0.513. The molecule has 0 bridgehead atoms. The minimum atomic E-state index is -3.16. The number of benzene rings is 3. The van der Waals surface area contributed by atoms with E-state index in [0.717, 1.165) is 16.9 Å². The second-order valence-electron chi connectivity index (χ2n) is 8.23. The summed E-state index contributed by atoms with van der Waals surface area (Å²) in [6, 6.07) is 20.5. The molecule has 0 saturated carbocycles. The molecular weight excluding hydrogens is 472 g/mol. The zero-order valence-electron chi connectivity index (χ0n) is 19.1. The number of para-hydroxylation sites is 1. The highest BCUT2D eigenvalue weighted by atomic mass is 35.5. The van der Waals surface area contributed by atoms with Gasteiger partial charge in [-0.2, -0.15) is 4.31 Å². The third-order valence-corrected chi connectivity index (χ3v) is 7.62. The van der Waals surface area contributed by atoms with Crippen LogP contribution in [0.25, 0.3) is 0 Å². The van der Waals surface area contributed by atoms with Gasteiger partial charge in [-0.15, -0.1) is 0 Å². The lowest BCUT2D eigenvalue weighted by molar-refractivity contribution is 0.102.